The molecule has 1 atom stereocenters. The lowest BCUT2D eigenvalue weighted by Gasteiger charge is -2.30. The van der Waals surface area contributed by atoms with E-state index < -0.39 is 5.60 Å². The molecule has 0 aliphatic heterocycles. The van der Waals surface area contributed by atoms with Gasteiger partial charge in [-0.3, -0.25) is 4.90 Å². The highest BCUT2D eigenvalue weighted by molar-refractivity contribution is 14.0. The Labute approximate surface area is 180 Å². The van der Waals surface area contributed by atoms with Crippen molar-refractivity contribution in [2.45, 2.75) is 65.6 Å². The van der Waals surface area contributed by atoms with Gasteiger partial charge in [-0.15, -0.1) is 24.0 Å². The number of aliphatic imine (C=N–C) groups is 1. The number of hydrogen-bond donors (Lipinski definition) is 3. The van der Waals surface area contributed by atoms with E-state index in [2.05, 4.69) is 48.2 Å². The summed E-state index contributed by atoms with van der Waals surface area (Å²) in [7, 11) is 0. The van der Waals surface area contributed by atoms with E-state index in [-0.39, 0.29) is 24.0 Å². The maximum Gasteiger partial charge on any atom is 0.191 e. The summed E-state index contributed by atoms with van der Waals surface area (Å²) in [6.07, 6.45) is 1.06. The molecule has 1 heterocycles. The minimum atomic E-state index is -0.936. The molecule has 0 bridgehead atoms. The average Bonchev–Trinajstić information content (AvgIpc) is 3.06. The molecule has 1 unspecified atom stereocenters. The molecule has 0 radical (unpaired) electrons. The fraction of sp³-hybridized carbons (Fsp3) is 0.737. The van der Waals surface area contributed by atoms with Gasteiger partial charge in [-0.25, -0.2) is 4.99 Å². The smallest absolute Gasteiger partial charge is 0.191 e. The Balaban J connectivity index is 0.00000625. The third kappa shape index (κ3) is 9.01. The fourth-order valence-electron chi connectivity index (χ4n) is 2.82. The maximum atomic E-state index is 10.6. The van der Waals surface area contributed by atoms with Crippen LogP contribution in [0.4, 0.5) is 0 Å². The zero-order valence-corrected chi connectivity index (χ0v) is 20.2. The molecular formula is C19H37IN4OS. The molecule has 1 aromatic rings. The quantitative estimate of drug-likeness (QED) is 0.200. The van der Waals surface area contributed by atoms with E-state index in [9.17, 15) is 5.11 Å². The highest BCUT2D eigenvalue weighted by Gasteiger charge is 2.23. The highest BCUT2D eigenvalue weighted by Crippen LogP contribution is 2.23. The van der Waals surface area contributed by atoms with E-state index in [1.54, 1.807) is 11.3 Å². The van der Waals surface area contributed by atoms with E-state index in [0.717, 1.165) is 37.6 Å². The first kappa shape index (κ1) is 25.6. The van der Waals surface area contributed by atoms with Crippen LogP contribution in [0.25, 0.3) is 0 Å². The van der Waals surface area contributed by atoms with Crippen molar-refractivity contribution in [1.82, 2.24) is 15.5 Å². The predicted octanol–water partition coefficient (Wildman–Crippen LogP) is 3.64. The van der Waals surface area contributed by atoms with Crippen molar-refractivity contribution in [3.8, 4) is 0 Å². The summed E-state index contributed by atoms with van der Waals surface area (Å²) in [4.78, 5) is 7.06. The molecule has 0 saturated carbocycles. The van der Waals surface area contributed by atoms with Crippen LogP contribution in [-0.4, -0.2) is 54.2 Å². The second kappa shape index (κ2) is 12.9. The van der Waals surface area contributed by atoms with Crippen molar-refractivity contribution in [3.63, 3.8) is 0 Å². The molecule has 0 aromatic carbocycles. The van der Waals surface area contributed by atoms with Crippen LogP contribution in [-0.2, 0) is 5.60 Å². The first-order chi connectivity index (χ1) is 11.8. The summed E-state index contributed by atoms with van der Waals surface area (Å²) in [6.45, 7) is 15.9. The van der Waals surface area contributed by atoms with Crippen molar-refractivity contribution >= 4 is 41.3 Å². The average molecular weight is 497 g/mol. The Morgan fingerprint density at radius 3 is 2.42 bits per heavy atom. The molecule has 1 aromatic heterocycles. The van der Waals surface area contributed by atoms with Crippen LogP contribution in [0.5, 0.6) is 0 Å². The molecule has 5 nitrogen and oxygen atoms in total. The summed E-state index contributed by atoms with van der Waals surface area (Å²) in [6, 6.07) is 3.07. The van der Waals surface area contributed by atoms with Gasteiger partial charge >= 0.3 is 0 Å². The van der Waals surface area contributed by atoms with E-state index in [0.29, 0.717) is 18.6 Å². The summed E-state index contributed by atoms with van der Waals surface area (Å²) in [5, 5.41) is 21.2. The maximum absolute atomic E-state index is 10.6. The number of halogens is 1. The number of aliphatic hydroxyl groups is 1. The third-order valence-electron chi connectivity index (χ3n) is 4.24. The van der Waals surface area contributed by atoms with Crippen molar-refractivity contribution < 1.29 is 5.11 Å². The largest absolute Gasteiger partial charge is 0.383 e. The number of hydrogen-bond acceptors (Lipinski definition) is 4. The Bertz CT molecular complexity index is 496. The van der Waals surface area contributed by atoms with Gasteiger partial charge in [0.05, 0.1) is 6.54 Å². The monoisotopic (exact) mass is 496 g/mol. The van der Waals surface area contributed by atoms with Crippen LogP contribution < -0.4 is 10.6 Å². The fourth-order valence-corrected chi connectivity index (χ4v) is 3.60. The molecule has 0 saturated heterocycles. The number of nitrogens with one attached hydrogen (secondary N) is 2. The zero-order valence-electron chi connectivity index (χ0n) is 17.1. The van der Waals surface area contributed by atoms with Crippen LogP contribution in [0.1, 0.15) is 53.5 Å². The molecule has 3 N–H and O–H groups in total. The van der Waals surface area contributed by atoms with Crippen molar-refractivity contribution in [2.24, 2.45) is 4.99 Å². The van der Waals surface area contributed by atoms with Gasteiger partial charge in [0, 0.05) is 31.7 Å². The second-order valence-electron chi connectivity index (χ2n) is 7.19. The van der Waals surface area contributed by atoms with Crippen LogP contribution in [0.15, 0.2) is 21.8 Å². The molecule has 0 fully saturated rings. The van der Waals surface area contributed by atoms with Gasteiger partial charge in [0.15, 0.2) is 5.96 Å². The van der Waals surface area contributed by atoms with Gasteiger partial charge in [-0.1, -0.05) is 0 Å². The lowest BCUT2D eigenvalue weighted by Crippen LogP contribution is -2.42. The van der Waals surface area contributed by atoms with Crippen LogP contribution >= 0.6 is 35.3 Å². The number of guanidine groups is 1. The van der Waals surface area contributed by atoms with Gasteiger partial charge in [-0.05, 0) is 70.4 Å². The number of rotatable bonds is 10. The third-order valence-corrected chi connectivity index (χ3v) is 4.93. The topological polar surface area (TPSA) is 59.9 Å². The van der Waals surface area contributed by atoms with Gasteiger partial charge in [0.1, 0.15) is 5.60 Å². The summed E-state index contributed by atoms with van der Waals surface area (Å²) >= 11 is 1.59. The first-order valence-electron chi connectivity index (χ1n) is 9.31. The van der Waals surface area contributed by atoms with Crippen molar-refractivity contribution in [3.05, 3.63) is 22.4 Å². The molecule has 0 aliphatic rings. The summed E-state index contributed by atoms with van der Waals surface area (Å²) < 4.78 is 0. The van der Waals surface area contributed by atoms with E-state index in [1.807, 2.05) is 30.7 Å². The van der Waals surface area contributed by atoms with Crippen LogP contribution in [0.3, 0.4) is 0 Å². The number of nitrogens with zero attached hydrogens (tertiary/aromatic N) is 2. The minimum absolute atomic E-state index is 0. The Hall–Kier alpha value is -0.380. The van der Waals surface area contributed by atoms with E-state index >= 15 is 0 Å². The molecule has 0 aliphatic carbocycles. The lowest BCUT2D eigenvalue weighted by atomic mass is 10.00. The Morgan fingerprint density at radius 2 is 1.92 bits per heavy atom. The summed E-state index contributed by atoms with van der Waals surface area (Å²) in [5.74, 6) is 0.763. The minimum Gasteiger partial charge on any atom is -0.383 e. The second-order valence-corrected chi connectivity index (χ2v) is 7.97. The molecule has 26 heavy (non-hydrogen) atoms. The highest BCUT2D eigenvalue weighted by atomic mass is 127. The Morgan fingerprint density at radius 1 is 1.27 bits per heavy atom. The normalized spacial score (nSPS) is 14.5. The zero-order chi connectivity index (χ0) is 18.9. The van der Waals surface area contributed by atoms with Crippen molar-refractivity contribution in [1.29, 1.82) is 0 Å². The van der Waals surface area contributed by atoms with Gasteiger partial charge in [0.2, 0.25) is 0 Å². The van der Waals surface area contributed by atoms with E-state index in [1.165, 1.54) is 0 Å². The molecule has 0 amide bonds. The molecule has 1 rings (SSSR count). The van der Waals surface area contributed by atoms with Gasteiger partial charge in [-0.2, -0.15) is 11.3 Å². The van der Waals surface area contributed by atoms with Gasteiger partial charge in [0.25, 0.3) is 0 Å². The number of thiophene rings is 1. The lowest BCUT2D eigenvalue weighted by molar-refractivity contribution is 0.0677. The Kier molecular flexibility index (Phi) is 12.7. The molecule has 0 spiro atoms. The van der Waals surface area contributed by atoms with E-state index in [4.69, 9.17) is 0 Å². The molecule has 7 heteroatoms. The van der Waals surface area contributed by atoms with Gasteiger partial charge < -0.3 is 15.7 Å². The molecular weight excluding hydrogens is 459 g/mol. The SMILES string of the molecule is CCNC(=NCC(C)(O)c1ccsc1)NCCCN(C(C)C)C(C)C.I. The predicted molar refractivity (Wildman–Crippen MR) is 125 cm³/mol. The standard InChI is InChI=1S/C19H36N4OS.HI/c1-7-20-18(21-10-8-11-23(15(2)3)16(4)5)22-14-19(6,24)17-9-12-25-13-17;/h9,12-13,15-16,24H,7-8,10-11,14H2,1-6H3,(H2,20,21,22);1H. The first-order valence-corrected chi connectivity index (χ1v) is 10.2. The summed E-state index contributed by atoms with van der Waals surface area (Å²) in [5.41, 5.74) is -0.0179. The van der Waals surface area contributed by atoms with Crippen molar-refractivity contribution in [2.75, 3.05) is 26.2 Å². The van der Waals surface area contributed by atoms with Crippen LogP contribution in [0, 0.1) is 0 Å². The van der Waals surface area contributed by atoms with Crippen LogP contribution in [0.2, 0.25) is 0 Å². The molecule has 152 valence electrons.